The van der Waals surface area contributed by atoms with Crippen LogP contribution in [0.15, 0.2) is 24.5 Å². The molecule has 1 saturated carbocycles. The number of rotatable bonds is 6. The Morgan fingerprint density at radius 3 is 2.60 bits per heavy atom. The van der Waals surface area contributed by atoms with E-state index in [1.807, 2.05) is 19.9 Å². The summed E-state index contributed by atoms with van der Waals surface area (Å²) in [5.74, 6) is -1.12. The van der Waals surface area contributed by atoms with Crippen molar-refractivity contribution >= 4 is 11.9 Å². The van der Waals surface area contributed by atoms with E-state index < -0.39 is 12.0 Å². The Kier molecular flexibility index (Phi) is 4.37. The summed E-state index contributed by atoms with van der Waals surface area (Å²) in [6.07, 6.45) is 5.07. The van der Waals surface area contributed by atoms with Gasteiger partial charge in [-0.3, -0.25) is 9.78 Å². The van der Waals surface area contributed by atoms with Crippen molar-refractivity contribution in [2.45, 2.75) is 39.3 Å². The number of nitrogens with zero attached hydrogens (tertiary/aromatic N) is 2. The molecule has 1 fully saturated rings. The van der Waals surface area contributed by atoms with E-state index in [0.717, 1.165) is 18.4 Å². The smallest absolute Gasteiger partial charge is 0.326 e. The predicted molar refractivity (Wildman–Crippen MR) is 73.8 cm³/mol. The first kappa shape index (κ1) is 14.5. The van der Waals surface area contributed by atoms with Gasteiger partial charge >= 0.3 is 5.97 Å². The highest BCUT2D eigenvalue weighted by molar-refractivity contribution is 5.86. The van der Waals surface area contributed by atoms with Gasteiger partial charge in [0.15, 0.2) is 0 Å². The maximum atomic E-state index is 12.4. The van der Waals surface area contributed by atoms with Crippen LogP contribution in [0.25, 0.3) is 0 Å². The van der Waals surface area contributed by atoms with Gasteiger partial charge in [-0.15, -0.1) is 0 Å². The Hall–Kier alpha value is -1.91. The third-order valence-corrected chi connectivity index (χ3v) is 3.51. The van der Waals surface area contributed by atoms with Crippen molar-refractivity contribution in [3.8, 4) is 0 Å². The van der Waals surface area contributed by atoms with Crippen LogP contribution in [0.4, 0.5) is 0 Å². The highest BCUT2D eigenvalue weighted by atomic mass is 16.4. The average Bonchev–Trinajstić information content (AvgIpc) is 3.21. The number of amides is 1. The lowest BCUT2D eigenvalue weighted by atomic mass is 10.0. The molecule has 20 heavy (non-hydrogen) atoms. The molecule has 1 atom stereocenters. The lowest BCUT2D eigenvalue weighted by Gasteiger charge is -2.31. The zero-order valence-corrected chi connectivity index (χ0v) is 11.8. The van der Waals surface area contributed by atoms with Crippen LogP contribution in [0.5, 0.6) is 0 Å². The Morgan fingerprint density at radius 1 is 1.45 bits per heavy atom. The summed E-state index contributed by atoms with van der Waals surface area (Å²) in [5, 5.41) is 9.43. The second-order valence-corrected chi connectivity index (χ2v) is 5.63. The van der Waals surface area contributed by atoms with Crippen LogP contribution in [-0.4, -0.2) is 32.9 Å². The lowest BCUT2D eigenvalue weighted by molar-refractivity contribution is -0.153. The number of carbonyl (C=O) groups excluding carboxylic acids is 1. The van der Waals surface area contributed by atoms with Crippen LogP contribution in [0.1, 0.15) is 32.3 Å². The number of hydrogen-bond donors (Lipinski definition) is 1. The highest BCUT2D eigenvalue weighted by Crippen LogP contribution is 2.33. The Balaban J connectivity index is 2.23. The molecule has 0 saturated heterocycles. The van der Waals surface area contributed by atoms with E-state index in [9.17, 15) is 14.7 Å². The zero-order valence-electron chi connectivity index (χ0n) is 11.8. The van der Waals surface area contributed by atoms with Crippen molar-refractivity contribution < 1.29 is 14.7 Å². The van der Waals surface area contributed by atoms with Crippen LogP contribution in [-0.2, 0) is 16.1 Å². The SMILES string of the molecule is CC(C)C(C(=O)O)N(Cc1cccnc1)C(=O)C1CC1. The summed E-state index contributed by atoms with van der Waals surface area (Å²) in [5.41, 5.74) is 0.855. The molecule has 1 aliphatic rings. The van der Waals surface area contributed by atoms with Gasteiger partial charge in [-0.05, 0) is 30.4 Å². The second kappa shape index (κ2) is 6.03. The van der Waals surface area contributed by atoms with Gasteiger partial charge in [0.1, 0.15) is 6.04 Å². The summed E-state index contributed by atoms with van der Waals surface area (Å²) in [6.45, 7) is 3.96. The van der Waals surface area contributed by atoms with Crippen molar-refractivity contribution in [2.75, 3.05) is 0 Å². The summed E-state index contributed by atoms with van der Waals surface area (Å²) in [6, 6.07) is 2.86. The molecule has 1 unspecified atom stereocenters. The predicted octanol–water partition coefficient (Wildman–Crippen LogP) is 1.93. The molecule has 0 radical (unpaired) electrons. The average molecular weight is 276 g/mol. The zero-order chi connectivity index (χ0) is 14.7. The molecule has 1 heterocycles. The molecule has 1 aromatic heterocycles. The third kappa shape index (κ3) is 3.35. The van der Waals surface area contributed by atoms with E-state index in [0.29, 0.717) is 6.54 Å². The first-order chi connectivity index (χ1) is 9.50. The Bertz CT molecular complexity index is 483. The van der Waals surface area contributed by atoms with Crippen molar-refractivity contribution in [3.05, 3.63) is 30.1 Å². The van der Waals surface area contributed by atoms with Gasteiger partial charge in [0.05, 0.1) is 0 Å². The molecule has 0 aromatic carbocycles. The summed E-state index contributed by atoms with van der Waals surface area (Å²) in [7, 11) is 0. The summed E-state index contributed by atoms with van der Waals surface area (Å²) in [4.78, 5) is 29.4. The van der Waals surface area contributed by atoms with Crippen LogP contribution < -0.4 is 0 Å². The first-order valence-electron chi connectivity index (χ1n) is 6.93. The van der Waals surface area contributed by atoms with E-state index in [4.69, 9.17) is 0 Å². The lowest BCUT2D eigenvalue weighted by Crippen LogP contribution is -2.48. The maximum Gasteiger partial charge on any atom is 0.326 e. The number of carboxylic acids is 1. The minimum Gasteiger partial charge on any atom is -0.480 e. The molecule has 1 aromatic rings. The maximum absolute atomic E-state index is 12.4. The van der Waals surface area contributed by atoms with E-state index in [1.165, 1.54) is 4.90 Å². The van der Waals surface area contributed by atoms with Gasteiger partial charge in [-0.2, -0.15) is 0 Å². The van der Waals surface area contributed by atoms with E-state index in [1.54, 1.807) is 18.5 Å². The standard InChI is InChI=1S/C15H20N2O3/c1-10(2)13(15(19)20)17(14(18)12-5-6-12)9-11-4-3-7-16-8-11/h3-4,7-8,10,12-13H,5-6,9H2,1-2H3,(H,19,20). The largest absolute Gasteiger partial charge is 0.480 e. The normalized spacial score (nSPS) is 15.9. The van der Waals surface area contributed by atoms with Gasteiger partial charge in [-0.25, -0.2) is 4.79 Å². The number of carbonyl (C=O) groups is 2. The minimum atomic E-state index is -0.946. The van der Waals surface area contributed by atoms with Gasteiger partial charge < -0.3 is 10.0 Å². The van der Waals surface area contributed by atoms with Crippen molar-refractivity contribution in [1.82, 2.24) is 9.88 Å². The van der Waals surface area contributed by atoms with Gasteiger partial charge in [0.2, 0.25) is 5.91 Å². The third-order valence-electron chi connectivity index (χ3n) is 3.51. The molecule has 0 bridgehead atoms. The van der Waals surface area contributed by atoms with Gasteiger partial charge in [0, 0.05) is 24.9 Å². The number of aliphatic carboxylic acids is 1. The molecule has 0 aliphatic heterocycles. The number of aromatic nitrogens is 1. The fourth-order valence-corrected chi connectivity index (χ4v) is 2.34. The van der Waals surface area contributed by atoms with Crippen LogP contribution >= 0.6 is 0 Å². The van der Waals surface area contributed by atoms with Crippen molar-refractivity contribution in [3.63, 3.8) is 0 Å². The van der Waals surface area contributed by atoms with Crippen molar-refractivity contribution in [2.24, 2.45) is 11.8 Å². The minimum absolute atomic E-state index is 0.00673. The van der Waals surface area contributed by atoms with E-state index in [2.05, 4.69) is 4.98 Å². The highest BCUT2D eigenvalue weighted by Gasteiger charge is 2.39. The molecule has 5 heteroatoms. The van der Waals surface area contributed by atoms with E-state index in [-0.39, 0.29) is 17.7 Å². The molecule has 1 amide bonds. The monoisotopic (exact) mass is 276 g/mol. The molecule has 0 spiro atoms. The van der Waals surface area contributed by atoms with Gasteiger partial charge in [0.25, 0.3) is 0 Å². The molecule has 1 N–H and O–H groups in total. The van der Waals surface area contributed by atoms with Gasteiger partial charge in [-0.1, -0.05) is 19.9 Å². The van der Waals surface area contributed by atoms with E-state index >= 15 is 0 Å². The summed E-state index contributed by atoms with van der Waals surface area (Å²) >= 11 is 0. The molecule has 108 valence electrons. The topological polar surface area (TPSA) is 70.5 Å². The molecular weight excluding hydrogens is 256 g/mol. The van der Waals surface area contributed by atoms with Crippen LogP contribution in [0.2, 0.25) is 0 Å². The first-order valence-corrected chi connectivity index (χ1v) is 6.93. The van der Waals surface area contributed by atoms with Crippen molar-refractivity contribution in [1.29, 1.82) is 0 Å². The number of carboxylic acid groups (broad SMARTS) is 1. The quantitative estimate of drug-likeness (QED) is 0.862. The number of hydrogen-bond acceptors (Lipinski definition) is 3. The fourth-order valence-electron chi connectivity index (χ4n) is 2.34. The Morgan fingerprint density at radius 2 is 2.15 bits per heavy atom. The molecular formula is C15H20N2O3. The second-order valence-electron chi connectivity index (χ2n) is 5.63. The van der Waals surface area contributed by atoms with Crippen LogP contribution in [0.3, 0.4) is 0 Å². The number of pyridine rings is 1. The molecule has 2 rings (SSSR count). The fraction of sp³-hybridized carbons (Fsp3) is 0.533. The molecule has 1 aliphatic carbocycles. The van der Waals surface area contributed by atoms with Crippen LogP contribution in [0, 0.1) is 11.8 Å². The summed E-state index contributed by atoms with van der Waals surface area (Å²) < 4.78 is 0. The molecule has 5 nitrogen and oxygen atoms in total. The Labute approximate surface area is 118 Å².